The Balaban J connectivity index is 2.37. The lowest BCUT2D eigenvalue weighted by Gasteiger charge is -2.10. The maximum absolute atomic E-state index is 9.73. The van der Waals surface area contributed by atoms with E-state index in [0.29, 0.717) is 6.42 Å². The van der Waals surface area contributed by atoms with Gasteiger partial charge >= 0.3 is 0 Å². The third-order valence-corrected chi connectivity index (χ3v) is 2.86. The van der Waals surface area contributed by atoms with E-state index in [1.54, 1.807) is 7.11 Å². The Bertz CT molecular complexity index is 501. The van der Waals surface area contributed by atoms with Crippen molar-refractivity contribution in [1.82, 2.24) is 0 Å². The van der Waals surface area contributed by atoms with E-state index in [1.165, 1.54) is 0 Å². The van der Waals surface area contributed by atoms with Gasteiger partial charge in [-0.3, -0.25) is 0 Å². The molecule has 0 saturated heterocycles. The molecule has 1 aliphatic carbocycles. The fourth-order valence-electron chi connectivity index (χ4n) is 1.93. The third kappa shape index (κ3) is 2.25. The highest BCUT2D eigenvalue weighted by Crippen LogP contribution is 2.31. The minimum Gasteiger partial charge on any atom is -0.497 e. The van der Waals surface area contributed by atoms with Gasteiger partial charge in [-0.25, -0.2) is 0 Å². The van der Waals surface area contributed by atoms with Crippen molar-refractivity contribution in [2.75, 3.05) is 7.11 Å². The van der Waals surface area contributed by atoms with Crippen molar-refractivity contribution in [3.8, 4) is 18.1 Å². The smallest absolute Gasteiger partial charge is 0.137 e. The molecule has 2 heteroatoms. The van der Waals surface area contributed by atoms with Crippen LogP contribution in [0.15, 0.2) is 42.0 Å². The Kier molecular flexibility index (Phi) is 3.32. The first-order valence-electron chi connectivity index (χ1n) is 5.44. The van der Waals surface area contributed by atoms with E-state index >= 15 is 0 Å². The Morgan fingerprint density at radius 1 is 1.35 bits per heavy atom. The summed E-state index contributed by atoms with van der Waals surface area (Å²) in [5.74, 6) is 3.18. The monoisotopic (exact) mass is 226 g/mol. The Morgan fingerprint density at radius 2 is 2.06 bits per heavy atom. The summed E-state index contributed by atoms with van der Waals surface area (Å²) in [5.41, 5.74) is 2.94. The van der Waals surface area contributed by atoms with Crippen LogP contribution in [0.5, 0.6) is 5.75 Å². The molecule has 2 nitrogen and oxygen atoms in total. The fraction of sp³-hybridized carbons (Fsp3) is 0.200. The number of aliphatic hydroxyl groups is 1. The summed E-state index contributed by atoms with van der Waals surface area (Å²) in [6.45, 7) is 0. The number of ether oxygens (including phenoxy) is 1. The molecule has 1 unspecified atom stereocenters. The lowest BCUT2D eigenvalue weighted by Crippen LogP contribution is -2.06. The number of methoxy groups -OCH3 is 1. The first-order valence-corrected chi connectivity index (χ1v) is 5.44. The Morgan fingerprint density at radius 3 is 2.65 bits per heavy atom. The van der Waals surface area contributed by atoms with Crippen LogP contribution in [0.4, 0.5) is 0 Å². The van der Waals surface area contributed by atoms with Crippen molar-refractivity contribution in [3.05, 3.63) is 47.6 Å². The summed E-state index contributed by atoms with van der Waals surface area (Å²) >= 11 is 0. The molecule has 0 fully saturated rings. The molecule has 0 aliphatic heterocycles. The lowest BCUT2D eigenvalue weighted by molar-refractivity contribution is 0.267. The van der Waals surface area contributed by atoms with E-state index < -0.39 is 6.10 Å². The first-order chi connectivity index (χ1) is 8.26. The van der Waals surface area contributed by atoms with E-state index in [0.717, 1.165) is 22.5 Å². The molecule has 0 radical (unpaired) electrons. The number of allylic oxidation sites excluding steroid dienone is 3. The molecule has 2 rings (SSSR count). The SMILES string of the molecule is C#CC(O)C1=C(c2ccc(OC)cc2)C=CC1. The minimum absolute atomic E-state index is 0.715. The van der Waals surface area contributed by atoms with Crippen LogP contribution in [0.1, 0.15) is 12.0 Å². The second-order valence-corrected chi connectivity index (χ2v) is 3.84. The molecule has 0 bridgehead atoms. The van der Waals surface area contributed by atoms with E-state index in [4.69, 9.17) is 11.2 Å². The molecule has 0 spiro atoms. The Labute approximate surface area is 101 Å². The van der Waals surface area contributed by atoms with E-state index in [2.05, 4.69) is 5.92 Å². The zero-order valence-electron chi connectivity index (χ0n) is 9.68. The molecule has 1 aromatic carbocycles. The van der Waals surface area contributed by atoms with Crippen LogP contribution in [0.3, 0.4) is 0 Å². The molecule has 0 saturated carbocycles. The normalized spacial score (nSPS) is 15.8. The molecular weight excluding hydrogens is 212 g/mol. The van der Waals surface area contributed by atoms with Crippen LogP contribution in [-0.2, 0) is 0 Å². The minimum atomic E-state index is -0.804. The summed E-state index contributed by atoms with van der Waals surface area (Å²) in [6, 6.07) is 7.73. The average molecular weight is 226 g/mol. The molecule has 1 aromatic rings. The zero-order valence-corrected chi connectivity index (χ0v) is 9.68. The van der Waals surface area contributed by atoms with Gasteiger partial charge in [0.15, 0.2) is 0 Å². The molecule has 0 aromatic heterocycles. The topological polar surface area (TPSA) is 29.5 Å². The van der Waals surface area contributed by atoms with Crippen LogP contribution < -0.4 is 4.74 Å². The van der Waals surface area contributed by atoms with Gasteiger partial charge in [0.05, 0.1) is 7.11 Å². The number of hydrogen-bond donors (Lipinski definition) is 1. The fourth-order valence-corrected chi connectivity index (χ4v) is 1.93. The summed E-state index contributed by atoms with van der Waals surface area (Å²) in [5, 5.41) is 9.73. The second-order valence-electron chi connectivity index (χ2n) is 3.84. The maximum atomic E-state index is 9.73. The highest BCUT2D eigenvalue weighted by molar-refractivity contribution is 5.80. The van der Waals surface area contributed by atoms with Gasteiger partial charge in [-0.15, -0.1) is 6.42 Å². The van der Waals surface area contributed by atoms with E-state index in [9.17, 15) is 5.11 Å². The lowest BCUT2D eigenvalue weighted by atomic mass is 9.99. The van der Waals surface area contributed by atoms with Crippen molar-refractivity contribution >= 4 is 5.57 Å². The predicted octanol–water partition coefficient (Wildman–Crippen LogP) is 2.40. The van der Waals surface area contributed by atoms with Crippen molar-refractivity contribution in [2.24, 2.45) is 0 Å². The van der Waals surface area contributed by atoms with E-state index in [-0.39, 0.29) is 0 Å². The summed E-state index contributed by atoms with van der Waals surface area (Å²) in [7, 11) is 1.64. The van der Waals surface area contributed by atoms with Gasteiger partial charge in [-0.2, -0.15) is 0 Å². The predicted molar refractivity (Wildman–Crippen MR) is 68.5 cm³/mol. The van der Waals surface area contributed by atoms with Gasteiger partial charge in [-0.05, 0) is 35.3 Å². The molecular formula is C15H14O2. The number of hydrogen-bond acceptors (Lipinski definition) is 2. The van der Waals surface area contributed by atoms with Crippen molar-refractivity contribution in [1.29, 1.82) is 0 Å². The molecule has 1 atom stereocenters. The average Bonchev–Trinajstić information content (AvgIpc) is 2.87. The molecule has 1 aliphatic rings. The van der Waals surface area contributed by atoms with Crippen LogP contribution in [0.25, 0.3) is 5.57 Å². The highest BCUT2D eigenvalue weighted by atomic mass is 16.5. The number of terminal acetylenes is 1. The van der Waals surface area contributed by atoms with Gasteiger partial charge in [0.1, 0.15) is 11.9 Å². The van der Waals surface area contributed by atoms with Gasteiger partial charge in [0.25, 0.3) is 0 Å². The van der Waals surface area contributed by atoms with Gasteiger partial charge < -0.3 is 9.84 Å². The molecule has 17 heavy (non-hydrogen) atoms. The molecule has 1 N–H and O–H groups in total. The number of benzene rings is 1. The first kappa shape index (κ1) is 11.5. The van der Waals surface area contributed by atoms with Gasteiger partial charge in [0, 0.05) is 0 Å². The van der Waals surface area contributed by atoms with Crippen LogP contribution >= 0.6 is 0 Å². The summed E-state index contributed by atoms with van der Waals surface area (Å²) in [6.07, 6.45) is 9.17. The van der Waals surface area contributed by atoms with Crippen molar-refractivity contribution in [3.63, 3.8) is 0 Å². The summed E-state index contributed by atoms with van der Waals surface area (Å²) < 4.78 is 5.11. The largest absolute Gasteiger partial charge is 0.497 e. The molecule has 0 amide bonds. The number of rotatable bonds is 3. The van der Waals surface area contributed by atoms with Gasteiger partial charge in [-0.1, -0.05) is 30.2 Å². The highest BCUT2D eigenvalue weighted by Gasteiger charge is 2.16. The van der Waals surface area contributed by atoms with Gasteiger partial charge in [0.2, 0.25) is 0 Å². The van der Waals surface area contributed by atoms with Crippen molar-refractivity contribution < 1.29 is 9.84 Å². The molecule has 0 heterocycles. The van der Waals surface area contributed by atoms with Crippen LogP contribution in [0, 0.1) is 12.3 Å². The third-order valence-electron chi connectivity index (χ3n) is 2.86. The molecule has 86 valence electrons. The quantitative estimate of drug-likeness (QED) is 0.802. The second kappa shape index (κ2) is 4.90. The maximum Gasteiger partial charge on any atom is 0.137 e. The standard InChI is InChI=1S/C15H14O2/c1-3-15(16)14-6-4-5-13(14)11-7-9-12(17-2)10-8-11/h1,4-5,7-10,15-16H,6H2,2H3. The zero-order chi connectivity index (χ0) is 12.3. The van der Waals surface area contributed by atoms with Crippen molar-refractivity contribution in [2.45, 2.75) is 12.5 Å². The van der Waals surface area contributed by atoms with E-state index in [1.807, 2.05) is 36.4 Å². The van der Waals surface area contributed by atoms with Crippen LogP contribution in [-0.4, -0.2) is 18.3 Å². The number of aliphatic hydroxyl groups excluding tert-OH is 1. The van der Waals surface area contributed by atoms with Crippen LogP contribution in [0.2, 0.25) is 0 Å². The summed E-state index contributed by atoms with van der Waals surface area (Å²) in [4.78, 5) is 0. The Hall–Kier alpha value is -1.98.